The van der Waals surface area contributed by atoms with Crippen LogP contribution in [0.25, 0.3) is 0 Å². The van der Waals surface area contributed by atoms with Crippen LogP contribution < -0.4 is 0 Å². The maximum atomic E-state index is 11.7. The fourth-order valence-electron chi connectivity index (χ4n) is 2.01. The summed E-state index contributed by atoms with van der Waals surface area (Å²) in [5, 5.41) is 1.97. The van der Waals surface area contributed by atoms with Gasteiger partial charge in [0, 0.05) is 6.42 Å². The molecule has 70 valence electrons. The van der Waals surface area contributed by atoms with Crippen LogP contribution in [0.15, 0.2) is 17.5 Å². The molecule has 1 aromatic rings. The van der Waals surface area contributed by atoms with E-state index >= 15 is 0 Å². The summed E-state index contributed by atoms with van der Waals surface area (Å²) in [7, 11) is 0. The van der Waals surface area contributed by atoms with Crippen LogP contribution in [0, 0.1) is 5.92 Å². The number of hydrogen-bond acceptors (Lipinski definition) is 2. The predicted octanol–water partition coefficient (Wildman–Crippen LogP) is 3.51. The van der Waals surface area contributed by atoms with E-state index in [0.29, 0.717) is 11.7 Å². The maximum Gasteiger partial charge on any atom is 0.173 e. The van der Waals surface area contributed by atoms with Crippen molar-refractivity contribution in [3.63, 3.8) is 0 Å². The van der Waals surface area contributed by atoms with Crippen LogP contribution in [0.4, 0.5) is 0 Å². The van der Waals surface area contributed by atoms with Gasteiger partial charge in [-0.05, 0) is 17.4 Å². The minimum Gasteiger partial charge on any atom is -0.293 e. The molecule has 1 saturated carbocycles. The fraction of sp³-hybridized carbons (Fsp3) is 0.545. The van der Waals surface area contributed by atoms with Crippen molar-refractivity contribution in [1.29, 1.82) is 0 Å². The molecule has 1 aliphatic carbocycles. The summed E-state index contributed by atoms with van der Waals surface area (Å²) in [6.07, 6.45) is 5.94. The second-order valence-electron chi connectivity index (χ2n) is 3.76. The number of carbonyl (C=O) groups excluding carboxylic acids is 1. The van der Waals surface area contributed by atoms with E-state index in [1.54, 1.807) is 11.3 Å². The summed E-state index contributed by atoms with van der Waals surface area (Å²) >= 11 is 1.56. The van der Waals surface area contributed by atoms with E-state index in [2.05, 4.69) is 0 Å². The summed E-state index contributed by atoms with van der Waals surface area (Å²) in [5.74, 6) is 1.02. The standard InChI is InChI=1S/C11H14OS/c12-10(11-6-3-7-13-11)8-9-4-1-2-5-9/h3,6-7,9H,1-2,4-5,8H2. The zero-order valence-electron chi connectivity index (χ0n) is 7.66. The van der Waals surface area contributed by atoms with Gasteiger partial charge >= 0.3 is 0 Å². The van der Waals surface area contributed by atoms with Crippen LogP contribution in [0.5, 0.6) is 0 Å². The van der Waals surface area contributed by atoms with Gasteiger partial charge in [-0.1, -0.05) is 31.7 Å². The molecule has 0 saturated heterocycles. The highest BCUT2D eigenvalue weighted by molar-refractivity contribution is 7.12. The molecule has 1 heterocycles. The van der Waals surface area contributed by atoms with Crippen LogP contribution in [-0.2, 0) is 0 Å². The number of Topliss-reactive ketones (excluding diaryl/α,β-unsaturated/α-hetero) is 1. The van der Waals surface area contributed by atoms with Gasteiger partial charge in [-0.2, -0.15) is 0 Å². The minimum absolute atomic E-state index is 0.349. The fourth-order valence-corrected chi connectivity index (χ4v) is 2.69. The van der Waals surface area contributed by atoms with E-state index in [0.717, 1.165) is 11.3 Å². The molecular formula is C11H14OS. The SMILES string of the molecule is O=C(CC1CCCC1)c1cccs1. The average molecular weight is 194 g/mol. The van der Waals surface area contributed by atoms with Crippen molar-refractivity contribution in [2.45, 2.75) is 32.1 Å². The quantitative estimate of drug-likeness (QED) is 0.673. The molecule has 1 fully saturated rings. The van der Waals surface area contributed by atoms with Gasteiger partial charge in [-0.3, -0.25) is 4.79 Å². The van der Waals surface area contributed by atoms with E-state index in [4.69, 9.17) is 0 Å². The minimum atomic E-state index is 0.349. The lowest BCUT2D eigenvalue weighted by Crippen LogP contribution is -2.03. The van der Waals surface area contributed by atoms with Gasteiger partial charge in [-0.15, -0.1) is 11.3 Å². The van der Waals surface area contributed by atoms with Crippen LogP contribution in [0.3, 0.4) is 0 Å². The largest absolute Gasteiger partial charge is 0.293 e. The van der Waals surface area contributed by atoms with Crippen LogP contribution in [0.2, 0.25) is 0 Å². The number of thiophene rings is 1. The molecule has 1 aliphatic rings. The Hall–Kier alpha value is -0.630. The Morgan fingerprint density at radius 1 is 1.46 bits per heavy atom. The highest BCUT2D eigenvalue weighted by Gasteiger charge is 2.19. The van der Waals surface area contributed by atoms with Crippen molar-refractivity contribution < 1.29 is 4.79 Å². The Labute approximate surface area is 82.8 Å². The van der Waals surface area contributed by atoms with E-state index in [-0.39, 0.29) is 0 Å². The molecule has 0 aromatic carbocycles. The molecule has 2 heteroatoms. The van der Waals surface area contributed by atoms with Crippen molar-refractivity contribution >= 4 is 17.1 Å². The third kappa shape index (κ3) is 2.19. The van der Waals surface area contributed by atoms with Crippen molar-refractivity contribution in [2.24, 2.45) is 5.92 Å². The van der Waals surface area contributed by atoms with Crippen LogP contribution in [-0.4, -0.2) is 5.78 Å². The Morgan fingerprint density at radius 2 is 2.23 bits per heavy atom. The van der Waals surface area contributed by atoms with Gasteiger partial charge in [0.15, 0.2) is 5.78 Å². The van der Waals surface area contributed by atoms with Gasteiger partial charge in [0.05, 0.1) is 4.88 Å². The summed E-state index contributed by atoms with van der Waals surface area (Å²) in [6, 6.07) is 3.88. The average Bonchev–Trinajstić information content (AvgIpc) is 2.74. The molecule has 0 aliphatic heterocycles. The van der Waals surface area contributed by atoms with E-state index in [9.17, 15) is 4.79 Å². The van der Waals surface area contributed by atoms with Crippen molar-refractivity contribution in [1.82, 2.24) is 0 Å². The molecule has 0 atom stereocenters. The molecule has 13 heavy (non-hydrogen) atoms. The molecule has 0 amide bonds. The first-order valence-electron chi connectivity index (χ1n) is 4.93. The first-order valence-corrected chi connectivity index (χ1v) is 5.81. The summed E-state index contributed by atoms with van der Waals surface area (Å²) in [4.78, 5) is 12.6. The Bertz CT molecular complexity index is 270. The zero-order valence-corrected chi connectivity index (χ0v) is 8.48. The molecule has 0 unspecified atom stereocenters. The smallest absolute Gasteiger partial charge is 0.173 e. The lowest BCUT2D eigenvalue weighted by Gasteiger charge is -2.05. The molecule has 0 radical (unpaired) electrons. The first kappa shape index (κ1) is 8.95. The summed E-state index contributed by atoms with van der Waals surface area (Å²) in [5.41, 5.74) is 0. The molecular weight excluding hydrogens is 180 g/mol. The van der Waals surface area contributed by atoms with Crippen molar-refractivity contribution in [3.05, 3.63) is 22.4 Å². The summed E-state index contributed by atoms with van der Waals surface area (Å²) < 4.78 is 0. The van der Waals surface area contributed by atoms with Gasteiger partial charge in [0.25, 0.3) is 0 Å². The van der Waals surface area contributed by atoms with Gasteiger partial charge < -0.3 is 0 Å². The zero-order chi connectivity index (χ0) is 9.10. The van der Waals surface area contributed by atoms with Crippen molar-refractivity contribution in [3.8, 4) is 0 Å². The van der Waals surface area contributed by atoms with Crippen LogP contribution >= 0.6 is 11.3 Å². The Morgan fingerprint density at radius 3 is 2.85 bits per heavy atom. The van der Waals surface area contributed by atoms with Crippen LogP contribution in [0.1, 0.15) is 41.8 Å². The topological polar surface area (TPSA) is 17.1 Å². The molecule has 0 N–H and O–H groups in total. The highest BCUT2D eigenvalue weighted by atomic mass is 32.1. The second kappa shape index (κ2) is 4.05. The highest BCUT2D eigenvalue weighted by Crippen LogP contribution is 2.29. The lowest BCUT2D eigenvalue weighted by atomic mass is 10.0. The number of hydrogen-bond donors (Lipinski definition) is 0. The Kier molecular flexibility index (Phi) is 2.79. The third-order valence-corrected chi connectivity index (χ3v) is 3.66. The second-order valence-corrected chi connectivity index (χ2v) is 4.70. The van der Waals surface area contributed by atoms with E-state index in [1.807, 2.05) is 17.5 Å². The Balaban J connectivity index is 1.91. The normalized spacial score (nSPS) is 17.8. The molecule has 1 aromatic heterocycles. The van der Waals surface area contributed by atoms with Crippen molar-refractivity contribution in [2.75, 3.05) is 0 Å². The monoisotopic (exact) mass is 194 g/mol. The first-order chi connectivity index (χ1) is 6.36. The summed E-state index contributed by atoms with van der Waals surface area (Å²) in [6.45, 7) is 0. The maximum absolute atomic E-state index is 11.7. The lowest BCUT2D eigenvalue weighted by molar-refractivity contribution is 0.0966. The number of carbonyl (C=O) groups is 1. The molecule has 1 nitrogen and oxygen atoms in total. The molecule has 2 rings (SSSR count). The predicted molar refractivity (Wildman–Crippen MR) is 55.2 cm³/mol. The third-order valence-electron chi connectivity index (χ3n) is 2.74. The number of rotatable bonds is 3. The van der Waals surface area contributed by atoms with E-state index < -0.39 is 0 Å². The molecule has 0 bridgehead atoms. The van der Waals surface area contributed by atoms with E-state index in [1.165, 1.54) is 25.7 Å². The van der Waals surface area contributed by atoms with Gasteiger partial charge in [0.2, 0.25) is 0 Å². The van der Waals surface area contributed by atoms with Gasteiger partial charge in [-0.25, -0.2) is 0 Å². The molecule has 0 spiro atoms. The van der Waals surface area contributed by atoms with Gasteiger partial charge in [0.1, 0.15) is 0 Å². The number of ketones is 1.